The standard InChI is InChI=1S/C15H31NOS/c1-4-13(2)11-18-10-6-5-9-15(3,12-17)16-14-7-8-14/h13-14,16-17H,4-12H2,1-3H3. The highest BCUT2D eigenvalue weighted by Gasteiger charge is 2.31. The molecular formula is C15H31NOS. The number of nitrogens with one attached hydrogen (secondary N) is 1. The third kappa shape index (κ3) is 7.01. The van der Waals surface area contributed by atoms with Crippen LogP contribution in [-0.4, -0.2) is 34.8 Å². The van der Waals surface area contributed by atoms with E-state index >= 15 is 0 Å². The Bertz CT molecular complexity index is 221. The number of rotatable bonds is 11. The van der Waals surface area contributed by atoms with Gasteiger partial charge in [0.15, 0.2) is 0 Å². The Labute approximate surface area is 117 Å². The fourth-order valence-electron chi connectivity index (χ4n) is 2.04. The third-order valence-corrected chi connectivity index (χ3v) is 5.23. The first kappa shape index (κ1) is 16.3. The van der Waals surface area contributed by atoms with E-state index in [1.54, 1.807) is 0 Å². The maximum Gasteiger partial charge on any atom is 0.0610 e. The molecule has 0 radical (unpaired) electrons. The topological polar surface area (TPSA) is 32.3 Å². The van der Waals surface area contributed by atoms with Crippen molar-refractivity contribution >= 4 is 11.8 Å². The number of aliphatic hydroxyl groups excluding tert-OH is 1. The summed E-state index contributed by atoms with van der Waals surface area (Å²) in [5, 5.41) is 13.1. The molecule has 2 N–H and O–H groups in total. The van der Waals surface area contributed by atoms with Gasteiger partial charge >= 0.3 is 0 Å². The van der Waals surface area contributed by atoms with Gasteiger partial charge in [0.25, 0.3) is 0 Å². The predicted octanol–water partition coefficient (Wildman–Crippen LogP) is 3.44. The number of aliphatic hydroxyl groups is 1. The highest BCUT2D eigenvalue weighted by atomic mass is 32.2. The van der Waals surface area contributed by atoms with Crippen LogP contribution in [0.2, 0.25) is 0 Å². The van der Waals surface area contributed by atoms with Crippen molar-refractivity contribution in [3.8, 4) is 0 Å². The van der Waals surface area contributed by atoms with Crippen molar-refractivity contribution in [2.45, 2.75) is 70.9 Å². The summed E-state index contributed by atoms with van der Waals surface area (Å²) in [6.07, 6.45) is 7.48. The fourth-order valence-corrected chi connectivity index (χ4v) is 3.25. The van der Waals surface area contributed by atoms with Gasteiger partial charge in [0.1, 0.15) is 0 Å². The van der Waals surface area contributed by atoms with Gasteiger partial charge < -0.3 is 10.4 Å². The van der Waals surface area contributed by atoms with Gasteiger partial charge in [-0.3, -0.25) is 0 Å². The van der Waals surface area contributed by atoms with Gasteiger partial charge in [0, 0.05) is 11.6 Å². The molecule has 0 aromatic rings. The number of hydrogen-bond donors (Lipinski definition) is 2. The van der Waals surface area contributed by atoms with E-state index in [1.807, 2.05) is 0 Å². The molecule has 0 heterocycles. The first-order valence-corrected chi connectivity index (χ1v) is 8.71. The lowest BCUT2D eigenvalue weighted by atomic mass is 9.96. The molecule has 0 saturated heterocycles. The Morgan fingerprint density at radius 3 is 2.67 bits per heavy atom. The monoisotopic (exact) mass is 273 g/mol. The molecule has 0 aliphatic heterocycles. The van der Waals surface area contributed by atoms with Crippen molar-refractivity contribution in [1.82, 2.24) is 5.32 Å². The average Bonchev–Trinajstić information content (AvgIpc) is 3.17. The summed E-state index contributed by atoms with van der Waals surface area (Å²) < 4.78 is 0. The second-order valence-electron chi connectivity index (χ2n) is 6.18. The Kier molecular flexibility index (Phi) is 7.66. The molecule has 2 nitrogen and oxygen atoms in total. The molecule has 2 unspecified atom stereocenters. The van der Waals surface area contributed by atoms with E-state index in [-0.39, 0.29) is 12.1 Å². The largest absolute Gasteiger partial charge is 0.394 e. The molecule has 1 aliphatic carbocycles. The minimum absolute atomic E-state index is 0.0391. The first-order valence-electron chi connectivity index (χ1n) is 7.56. The minimum atomic E-state index is -0.0391. The van der Waals surface area contributed by atoms with E-state index in [9.17, 15) is 5.11 Å². The first-order chi connectivity index (χ1) is 8.59. The second-order valence-corrected chi connectivity index (χ2v) is 7.33. The number of thioether (sulfide) groups is 1. The van der Waals surface area contributed by atoms with Crippen LogP contribution in [0.5, 0.6) is 0 Å². The van der Waals surface area contributed by atoms with Crippen LogP contribution >= 0.6 is 11.8 Å². The average molecular weight is 273 g/mol. The van der Waals surface area contributed by atoms with E-state index < -0.39 is 0 Å². The summed E-state index contributed by atoms with van der Waals surface area (Å²) in [5.74, 6) is 3.43. The van der Waals surface area contributed by atoms with Crippen LogP contribution in [0.4, 0.5) is 0 Å². The van der Waals surface area contributed by atoms with Crippen LogP contribution < -0.4 is 5.32 Å². The lowest BCUT2D eigenvalue weighted by molar-refractivity contribution is 0.161. The zero-order chi connectivity index (χ0) is 13.4. The van der Waals surface area contributed by atoms with Gasteiger partial charge in [-0.1, -0.05) is 26.7 Å². The van der Waals surface area contributed by atoms with Crippen molar-refractivity contribution < 1.29 is 5.11 Å². The molecule has 1 aliphatic rings. The minimum Gasteiger partial charge on any atom is -0.394 e. The summed E-state index contributed by atoms with van der Waals surface area (Å²) in [6, 6.07) is 0.682. The van der Waals surface area contributed by atoms with Crippen molar-refractivity contribution in [1.29, 1.82) is 0 Å². The quantitative estimate of drug-likeness (QED) is 0.566. The fraction of sp³-hybridized carbons (Fsp3) is 1.00. The lowest BCUT2D eigenvalue weighted by Gasteiger charge is -2.29. The molecule has 3 heteroatoms. The maximum absolute atomic E-state index is 9.50. The third-order valence-electron chi connectivity index (χ3n) is 3.85. The van der Waals surface area contributed by atoms with Crippen LogP contribution in [0.25, 0.3) is 0 Å². The second kappa shape index (κ2) is 8.44. The molecule has 0 spiro atoms. The van der Waals surface area contributed by atoms with Gasteiger partial charge in [0.05, 0.1) is 6.61 Å². The molecule has 0 bridgehead atoms. The van der Waals surface area contributed by atoms with Gasteiger partial charge in [-0.05, 0) is 50.0 Å². The summed E-state index contributed by atoms with van der Waals surface area (Å²) in [5.41, 5.74) is -0.0391. The molecule has 1 fully saturated rings. The van der Waals surface area contributed by atoms with Gasteiger partial charge in [-0.25, -0.2) is 0 Å². The van der Waals surface area contributed by atoms with Crippen LogP contribution in [0.15, 0.2) is 0 Å². The van der Waals surface area contributed by atoms with Crippen molar-refractivity contribution in [2.75, 3.05) is 18.1 Å². The van der Waals surface area contributed by atoms with E-state index in [2.05, 4.69) is 37.8 Å². The molecule has 1 rings (SSSR count). The smallest absolute Gasteiger partial charge is 0.0610 e. The highest BCUT2D eigenvalue weighted by Crippen LogP contribution is 2.25. The number of hydrogen-bond acceptors (Lipinski definition) is 3. The normalized spacial score (nSPS) is 20.7. The summed E-state index contributed by atoms with van der Waals surface area (Å²) >= 11 is 2.09. The molecule has 18 heavy (non-hydrogen) atoms. The lowest BCUT2D eigenvalue weighted by Crippen LogP contribution is -2.46. The Morgan fingerprint density at radius 1 is 1.39 bits per heavy atom. The zero-order valence-corrected chi connectivity index (χ0v) is 13.2. The van der Waals surface area contributed by atoms with Crippen LogP contribution in [0, 0.1) is 5.92 Å². The van der Waals surface area contributed by atoms with Crippen LogP contribution in [0.3, 0.4) is 0 Å². The molecule has 0 aromatic carbocycles. The highest BCUT2D eigenvalue weighted by molar-refractivity contribution is 7.99. The van der Waals surface area contributed by atoms with Crippen LogP contribution in [0.1, 0.15) is 59.3 Å². The molecule has 0 amide bonds. The number of unbranched alkanes of at least 4 members (excludes halogenated alkanes) is 1. The molecule has 2 atom stereocenters. The van der Waals surface area contributed by atoms with Gasteiger partial charge in [-0.2, -0.15) is 11.8 Å². The van der Waals surface area contributed by atoms with E-state index in [0.717, 1.165) is 12.3 Å². The summed E-state index contributed by atoms with van der Waals surface area (Å²) in [7, 11) is 0. The van der Waals surface area contributed by atoms with Crippen molar-refractivity contribution in [3.05, 3.63) is 0 Å². The zero-order valence-electron chi connectivity index (χ0n) is 12.4. The molecule has 0 aromatic heterocycles. The van der Waals surface area contributed by atoms with Gasteiger partial charge in [-0.15, -0.1) is 0 Å². The summed E-state index contributed by atoms with van der Waals surface area (Å²) in [6.45, 7) is 7.03. The summed E-state index contributed by atoms with van der Waals surface area (Å²) in [4.78, 5) is 0. The van der Waals surface area contributed by atoms with E-state index in [4.69, 9.17) is 0 Å². The van der Waals surface area contributed by atoms with Crippen molar-refractivity contribution in [3.63, 3.8) is 0 Å². The van der Waals surface area contributed by atoms with Crippen molar-refractivity contribution in [2.24, 2.45) is 5.92 Å². The maximum atomic E-state index is 9.50. The molecular weight excluding hydrogens is 242 g/mol. The SMILES string of the molecule is CCC(C)CSCCCCC(C)(CO)NC1CC1. The predicted molar refractivity (Wildman–Crippen MR) is 82.3 cm³/mol. The van der Waals surface area contributed by atoms with Crippen LogP contribution in [-0.2, 0) is 0 Å². The Morgan fingerprint density at radius 2 is 2.11 bits per heavy atom. The molecule has 108 valence electrons. The van der Waals surface area contributed by atoms with Gasteiger partial charge in [0.2, 0.25) is 0 Å². The Balaban J connectivity index is 2.01. The van der Waals surface area contributed by atoms with E-state index in [1.165, 1.54) is 43.6 Å². The molecule has 1 saturated carbocycles. The Hall–Kier alpha value is 0.270. The van der Waals surface area contributed by atoms with E-state index in [0.29, 0.717) is 6.04 Å².